The Bertz CT molecular complexity index is 1310. The van der Waals surface area contributed by atoms with E-state index in [-0.39, 0.29) is 29.6 Å². The number of hydrogen-bond donors (Lipinski definition) is 0. The van der Waals surface area contributed by atoms with Gasteiger partial charge < -0.3 is 4.90 Å². The number of thioether (sulfide) groups is 1. The predicted octanol–water partition coefficient (Wildman–Crippen LogP) is 4.72. The summed E-state index contributed by atoms with van der Waals surface area (Å²) < 4.78 is 14.9. The fraction of sp³-hybridized carbons (Fsp3) is 0.192. The molecule has 0 aliphatic heterocycles. The zero-order valence-electron chi connectivity index (χ0n) is 18.3. The lowest BCUT2D eigenvalue weighted by Gasteiger charge is -2.21. The number of carbonyl (C=O) groups excluding carboxylic acids is 1. The van der Waals surface area contributed by atoms with Crippen molar-refractivity contribution >= 4 is 28.6 Å². The Kier molecular flexibility index (Phi) is 7.19. The predicted molar refractivity (Wildman–Crippen MR) is 130 cm³/mol. The molecule has 4 rings (SSSR count). The first-order chi connectivity index (χ1) is 16.0. The van der Waals surface area contributed by atoms with Gasteiger partial charge in [-0.2, -0.15) is 0 Å². The number of para-hydroxylation sites is 1. The van der Waals surface area contributed by atoms with Gasteiger partial charge in [0.25, 0.3) is 5.56 Å². The number of benzene rings is 3. The molecule has 0 saturated heterocycles. The molecule has 0 atom stereocenters. The van der Waals surface area contributed by atoms with Crippen LogP contribution in [0.2, 0.25) is 0 Å². The van der Waals surface area contributed by atoms with Gasteiger partial charge in [-0.15, -0.1) is 0 Å². The second-order valence-electron chi connectivity index (χ2n) is 7.61. The SMILES string of the molecule is CCN(Cc1ccccc1)C(=O)CSc1nc2ccccc2c(=O)n1Cc1ccc(F)cc1. The van der Waals surface area contributed by atoms with Gasteiger partial charge in [0.15, 0.2) is 5.16 Å². The Morgan fingerprint density at radius 1 is 0.970 bits per heavy atom. The van der Waals surface area contributed by atoms with Crippen LogP contribution in [0.3, 0.4) is 0 Å². The maximum atomic E-state index is 13.3. The highest BCUT2D eigenvalue weighted by molar-refractivity contribution is 7.99. The molecule has 1 aromatic heterocycles. The lowest BCUT2D eigenvalue weighted by molar-refractivity contribution is -0.128. The monoisotopic (exact) mass is 461 g/mol. The Hall–Kier alpha value is -3.45. The van der Waals surface area contributed by atoms with Gasteiger partial charge >= 0.3 is 0 Å². The van der Waals surface area contributed by atoms with Crippen molar-refractivity contribution in [1.82, 2.24) is 14.5 Å². The number of amides is 1. The number of carbonyl (C=O) groups is 1. The van der Waals surface area contributed by atoms with Gasteiger partial charge in [-0.25, -0.2) is 9.37 Å². The van der Waals surface area contributed by atoms with Gasteiger partial charge in [0.1, 0.15) is 5.82 Å². The van der Waals surface area contributed by atoms with Crippen LogP contribution in [0.5, 0.6) is 0 Å². The fourth-order valence-electron chi connectivity index (χ4n) is 3.57. The van der Waals surface area contributed by atoms with Gasteiger partial charge in [-0.1, -0.05) is 66.4 Å². The molecule has 0 aliphatic carbocycles. The van der Waals surface area contributed by atoms with Crippen LogP contribution in [0, 0.1) is 5.82 Å². The van der Waals surface area contributed by atoms with E-state index in [1.165, 1.54) is 23.9 Å². The number of aromatic nitrogens is 2. The van der Waals surface area contributed by atoms with Crippen LogP contribution in [0.25, 0.3) is 10.9 Å². The summed E-state index contributed by atoms with van der Waals surface area (Å²) in [5.41, 5.74) is 2.25. The standard InChI is InChI=1S/C26H24FN3O2S/c1-2-29(16-19-8-4-3-5-9-19)24(31)18-33-26-28-23-11-7-6-10-22(23)25(32)30(26)17-20-12-14-21(27)15-13-20/h3-15H,2,16-18H2,1H3. The van der Waals surface area contributed by atoms with Crippen LogP contribution in [-0.2, 0) is 17.9 Å². The summed E-state index contributed by atoms with van der Waals surface area (Å²) in [5.74, 6) is -0.197. The van der Waals surface area contributed by atoms with Gasteiger partial charge in [-0.3, -0.25) is 14.2 Å². The van der Waals surface area contributed by atoms with E-state index in [1.807, 2.05) is 43.3 Å². The molecule has 5 nitrogen and oxygen atoms in total. The minimum atomic E-state index is -0.332. The first-order valence-electron chi connectivity index (χ1n) is 10.7. The highest BCUT2D eigenvalue weighted by Gasteiger charge is 2.17. The summed E-state index contributed by atoms with van der Waals surface area (Å²) in [4.78, 5) is 32.6. The zero-order chi connectivity index (χ0) is 23.2. The van der Waals surface area contributed by atoms with E-state index in [2.05, 4.69) is 4.98 Å². The van der Waals surface area contributed by atoms with Crippen LogP contribution in [0.15, 0.2) is 88.8 Å². The summed E-state index contributed by atoms with van der Waals surface area (Å²) >= 11 is 1.25. The van der Waals surface area contributed by atoms with Gasteiger partial charge in [0.05, 0.1) is 23.2 Å². The highest BCUT2D eigenvalue weighted by atomic mass is 32.2. The second kappa shape index (κ2) is 10.4. The van der Waals surface area contributed by atoms with Crippen LogP contribution >= 0.6 is 11.8 Å². The molecule has 4 aromatic rings. The second-order valence-corrected chi connectivity index (χ2v) is 8.55. The van der Waals surface area contributed by atoms with Crippen molar-refractivity contribution in [3.05, 3.63) is 106 Å². The molecule has 1 amide bonds. The number of fused-ring (bicyclic) bond motifs is 1. The number of nitrogens with zero attached hydrogens (tertiary/aromatic N) is 3. The molecule has 7 heteroatoms. The molecule has 0 fully saturated rings. The van der Waals surface area contributed by atoms with E-state index >= 15 is 0 Å². The van der Waals surface area contributed by atoms with Crippen molar-refractivity contribution in [2.24, 2.45) is 0 Å². The molecule has 0 unspecified atom stereocenters. The quantitative estimate of drug-likeness (QED) is 0.281. The summed E-state index contributed by atoms with van der Waals surface area (Å²) in [6.07, 6.45) is 0. The lowest BCUT2D eigenvalue weighted by Crippen LogP contribution is -2.32. The largest absolute Gasteiger partial charge is 0.338 e. The molecule has 0 N–H and O–H groups in total. The van der Waals surface area contributed by atoms with Crippen molar-refractivity contribution in [2.75, 3.05) is 12.3 Å². The third kappa shape index (κ3) is 5.49. The summed E-state index contributed by atoms with van der Waals surface area (Å²) in [6.45, 7) is 3.31. The average Bonchev–Trinajstić information content (AvgIpc) is 2.85. The Morgan fingerprint density at radius 3 is 2.39 bits per heavy atom. The van der Waals surface area contributed by atoms with Crippen molar-refractivity contribution in [1.29, 1.82) is 0 Å². The van der Waals surface area contributed by atoms with Crippen LogP contribution in [-0.4, -0.2) is 32.7 Å². The normalized spacial score (nSPS) is 11.0. The molecule has 168 valence electrons. The third-order valence-electron chi connectivity index (χ3n) is 5.36. The average molecular weight is 462 g/mol. The fourth-order valence-corrected chi connectivity index (χ4v) is 4.47. The van der Waals surface area contributed by atoms with E-state index < -0.39 is 0 Å². The van der Waals surface area contributed by atoms with Crippen LogP contribution < -0.4 is 5.56 Å². The highest BCUT2D eigenvalue weighted by Crippen LogP contribution is 2.20. The van der Waals surface area contributed by atoms with E-state index in [9.17, 15) is 14.0 Å². The first kappa shape index (κ1) is 22.7. The van der Waals surface area contributed by atoms with Crippen molar-refractivity contribution in [2.45, 2.75) is 25.2 Å². The smallest absolute Gasteiger partial charge is 0.262 e. The number of halogens is 1. The van der Waals surface area contributed by atoms with Crippen molar-refractivity contribution < 1.29 is 9.18 Å². The maximum absolute atomic E-state index is 13.3. The van der Waals surface area contributed by atoms with Crippen LogP contribution in [0.4, 0.5) is 4.39 Å². The molecule has 3 aromatic carbocycles. The van der Waals surface area contributed by atoms with Crippen molar-refractivity contribution in [3.63, 3.8) is 0 Å². The molecule has 0 saturated carbocycles. The topological polar surface area (TPSA) is 55.2 Å². The minimum Gasteiger partial charge on any atom is -0.338 e. The van der Waals surface area contributed by atoms with Gasteiger partial charge in [-0.05, 0) is 42.3 Å². The van der Waals surface area contributed by atoms with Crippen LogP contribution in [0.1, 0.15) is 18.1 Å². The third-order valence-corrected chi connectivity index (χ3v) is 6.32. The summed E-state index contributed by atoms with van der Waals surface area (Å²) in [5, 5.41) is 0.974. The summed E-state index contributed by atoms with van der Waals surface area (Å²) in [7, 11) is 0. The van der Waals surface area contributed by atoms with E-state index in [1.54, 1.807) is 39.8 Å². The Labute approximate surface area is 195 Å². The van der Waals surface area contributed by atoms with E-state index in [0.29, 0.717) is 29.1 Å². The molecular formula is C26H24FN3O2S. The number of rotatable bonds is 8. The number of hydrogen-bond acceptors (Lipinski definition) is 4. The van der Waals surface area contributed by atoms with Gasteiger partial charge in [0, 0.05) is 13.1 Å². The van der Waals surface area contributed by atoms with Gasteiger partial charge in [0.2, 0.25) is 5.91 Å². The lowest BCUT2D eigenvalue weighted by atomic mass is 10.2. The summed E-state index contributed by atoms with van der Waals surface area (Å²) in [6, 6.07) is 23.0. The maximum Gasteiger partial charge on any atom is 0.262 e. The molecule has 33 heavy (non-hydrogen) atoms. The minimum absolute atomic E-state index is 0.0258. The molecule has 0 aliphatic rings. The Balaban J connectivity index is 1.59. The molecule has 1 heterocycles. The van der Waals surface area contributed by atoms with E-state index in [4.69, 9.17) is 0 Å². The van der Waals surface area contributed by atoms with Crippen molar-refractivity contribution in [3.8, 4) is 0 Å². The molecule has 0 radical (unpaired) electrons. The zero-order valence-corrected chi connectivity index (χ0v) is 19.1. The molecular weight excluding hydrogens is 437 g/mol. The molecule has 0 bridgehead atoms. The molecule has 0 spiro atoms. The Morgan fingerprint density at radius 2 is 1.67 bits per heavy atom. The first-order valence-corrected chi connectivity index (χ1v) is 11.7. The van der Waals surface area contributed by atoms with E-state index in [0.717, 1.165) is 11.1 Å².